The molecule has 4 aliphatic rings. The Kier molecular flexibility index (Phi) is 4.86. The van der Waals surface area contributed by atoms with Crippen molar-refractivity contribution in [2.24, 2.45) is 33.5 Å². The number of hydrogen-bond donors (Lipinski definition) is 3. The zero-order valence-corrected chi connectivity index (χ0v) is 21.0. The lowest BCUT2D eigenvalue weighted by Gasteiger charge is -2.69. The zero-order chi connectivity index (χ0) is 24.1. The third-order valence-corrected chi connectivity index (χ3v) is 11.5. The molecular formula is C29H40O4. The van der Waals surface area contributed by atoms with Crippen LogP contribution in [0.25, 0.3) is 5.57 Å². The Labute approximate surface area is 198 Å². The van der Waals surface area contributed by atoms with Crippen LogP contribution < -0.4 is 0 Å². The average Bonchev–Trinajstić information content (AvgIpc) is 2.74. The Hall–Kier alpha value is -1.65. The topological polar surface area (TPSA) is 77.8 Å². The molecule has 5 rings (SSSR count). The van der Waals surface area contributed by atoms with Crippen LogP contribution in [0.4, 0.5) is 0 Å². The first-order valence-corrected chi connectivity index (χ1v) is 12.7. The van der Waals surface area contributed by atoms with Gasteiger partial charge in [0, 0.05) is 0 Å². The molecule has 0 unspecified atom stereocenters. The Balaban J connectivity index is 1.67. The van der Waals surface area contributed by atoms with Crippen molar-refractivity contribution in [3.05, 3.63) is 40.5 Å². The van der Waals surface area contributed by atoms with Crippen LogP contribution in [0.1, 0.15) is 82.1 Å². The van der Waals surface area contributed by atoms with Crippen molar-refractivity contribution in [2.75, 3.05) is 0 Å². The molecule has 4 aliphatic carbocycles. The van der Waals surface area contributed by atoms with Gasteiger partial charge in [-0.3, -0.25) is 4.79 Å². The number of benzene rings is 1. The molecular weight excluding hydrogens is 412 g/mol. The fraction of sp³-hybridized carbons (Fsp3) is 0.690. The molecule has 180 valence electrons. The third kappa shape index (κ3) is 2.63. The lowest BCUT2D eigenvalue weighted by Crippen LogP contribution is -2.68. The van der Waals surface area contributed by atoms with Gasteiger partial charge < -0.3 is 15.3 Å². The van der Waals surface area contributed by atoms with Crippen molar-refractivity contribution in [1.29, 1.82) is 0 Å². The smallest absolute Gasteiger partial charge is 0.312 e. The van der Waals surface area contributed by atoms with E-state index in [4.69, 9.17) is 0 Å². The van der Waals surface area contributed by atoms with Gasteiger partial charge in [-0.25, -0.2) is 0 Å². The fourth-order valence-corrected chi connectivity index (χ4v) is 9.23. The van der Waals surface area contributed by atoms with Crippen LogP contribution >= 0.6 is 0 Å². The first kappa shape index (κ1) is 23.1. The van der Waals surface area contributed by atoms with Crippen LogP contribution in [-0.2, 0) is 11.2 Å². The second-order valence-electron chi connectivity index (χ2n) is 12.6. The minimum atomic E-state index is -1.33. The molecule has 0 spiro atoms. The number of allylic oxidation sites excluding steroid dienone is 2. The van der Waals surface area contributed by atoms with Crippen molar-refractivity contribution < 1.29 is 20.1 Å². The van der Waals surface area contributed by atoms with Crippen LogP contribution in [0.15, 0.2) is 18.2 Å². The normalized spacial score (nSPS) is 46.4. The predicted octanol–water partition coefficient (Wildman–Crippen LogP) is 5.30. The Morgan fingerprint density at radius 1 is 1.03 bits per heavy atom. The molecule has 33 heavy (non-hydrogen) atoms. The van der Waals surface area contributed by atoms with Crippen molar-refractivity contribution in [3.63, 3.8) is 0 Å². The third-order valence-electron chi connectivity index (χ3n) is 11.5. The van der Waals surface area contributed by atoms with Gasteiger partial charge >= 0.3 is 5.97 Å². The van der Waals surface area contributed by atoms with Gasteiger partial charge in [-0.05, 0) is 115 Å². The molecule has 8 atom stereocenters. The van der Waals surface area contributed by atoms with E-state index < -0.39 is 23.6 Å². The minimum Gasteiger partial charge on any atom is -0.481 e. The van der Waals surface area contributed by atoms with E-state index in [1.54, 1.807) is 6.92 Å². The molecule has 3 N–H and O–H groups in total. The number of hydrogen-bond acceptors (Lipinski definition) is 3. The largest absolute Gasteiger partial charge is 0.481 e. The highest BCUT2D eigenvalue weighted by molar-refractivity contribution is 5.79. The number of carbonyl (C=O) groups is 1. The van der Waals surface area contributed by atoms with E-state index in [1.807, 2.05) is 0 Å². The molecule has 2 fully saturated rings. The quantitative estimate of drug-likeness (QED) is 0.540. The van der Waals surface area contributed by atoms with Gasteiger partial charge in [0.15, 0.2) is 0 Å². The highest BCUT2D eigenvalue weighted by Gasteiger charge is 2.69. The first-order valence-electron chi connectivity index (χ1n) is 12.7. The Morgan fingerprint density at radius 2 is 1.73 bits per heavy atom. The number of fused-ring (bicyclic) bond motifs is 7. The summed E-state index contributed by atoms with van der Waals surface area (Å²) in [6.07, 6.45) is 5.50. The summed E-state index contributed by atoms with van der Waals surface area (Å²) in [7, 11) is 0. The summed E-state index contributed by atoms with van der Waals surface area (Å²) in [6.45, 7) is 13.2. The summed E-state index contributed by atoms with van der Waals surface area (Å²) in [4.78, 5) is 12.5. The van der Waals surface area contributed by atoms with Crippen LogP contribution in [0.2, 0.25) is 0 Å². The van der Waals surface area contributed by atoms with Crippen molar-refractivity contribution in [2.45, 2.75) is 92.3 Å². The van der Waals surface area contributed by atoms with Crippen LogP contribution in [0.3, 0.4) is 0 Å². The maximum Gasteiger partial charge on any atom is 0.312 e. The molecule has 4 heteroatoms. The van der Waals surface area contributed by atoms with E-state index in [0.29, 0.717) is 6.42 Å². The molecule has 0 bridgehead atoms. The lowest BCUT2D eigenvalue weighted by molar-refractivity contribution is -0.234. The number of carboxylic acid groups (broad SMARTS) is 1. The number of carboxylic acids is 1. The summed E-state index contributed by atoms with van der Waals surface area (Å²) in [6, 6.07) is 4.56. The van der Waals surface area contributed by atoms with Crippen molar-refractivity contribution >= 4 is 11.5 Å². The molecule has 0 aromatic heterocycles. The molecule has 1 aromatic carbocycles. The van der Waals surface area contributed by atoms with Crippen molar-refractivity contribution in [3.8, 4) is 0 Å². The lowest BCUT2D eigenvalue weighted by atomic mass is 9.35. The van der Waals surface area contributed by atoms with E-state index in [2.05, 4.69) is 52.8 Å². The molecule has 1 aromatic rings. The standard InChI is InChI=1S/C29H40O4/c1-16-7-8-18-11-13-27(4)19(23(18)17(16)2)9-10-21-26(3)15-20(30)24(31)29(6,25(32)33)22(26)12-14-28(21,27)5/h7-9,20-22,24,30-31H,10-15H2,1-6H3,(H,32,33)/t20-,21+,22+,24+,26-,27-,28-,29-/m1/s1. The molecule has 2 saturated carbocycles. The summed E-state index contributed by atoms with van der Waals surface area (Å²) in [5.41, 5.74) is 5.47. The molecule has 0 saturated heterocycles. The molecule has 0 aliphatic heterocycles. The van der Waals surface area contributed by atoms with E-state index in [0.717, 1.165) is 32.1 Å². The number of aryl methyl sites for hydroxylation is 2. The van der Waals surface area contributed by atoms with Crippen molar-refractivity contribution in [1.82, 2.24) is 0 Å². The van der Waals surface area contributed by atoms with Gasteiger partial charge in [-0.1, -0.05) is 39.0 Å². The van der Waals surface area contributed by atoms with Crippen LogP contribution in [-0.4, -0.2) is 33.5 Å². The van der Waals surface area contributed by atoms with E-state index in [1.165, 1.54) is 27.8 Å². The number of rotatable bonds is 1. The van der Waals surface area contributed by atoms with Gasteiger partial charge in [0.2, 0.25) is 0 Å². The summed E-state index contributed by atoms with van der Waals surface area (Å²) >= 11 is 0. The number of aliphatic hydroxyl groups excluding tert-OH is 2. The Morgan fingerprint density at radius 3 is 2.39 bits per heavy atom. The van der Waals surface area contributed by atoms with Gasteiger partial charge in [-0.15, -0.1) is 0 Å². The second-order valence-corrected chi connectivity index (χ2v) is 12.6. The van der Waals surface area contributed by atoms with E-state index >= 15 is 0 Å². The second kappa shape index (κ2) is 6.95. The zero-order valence-electron chi connectivity index (χ0n) is 21.0. The average molecular weight is 453 g/mol. The Bertz CT molecular complexity index is 1060. The molecule has 0 amide bonds. The van der Waals surface area contributed by atoms with E-state index in [9.17, 15) is 20.1 Å². The highest BCUT2D eigenvalue weighted by Crippen LogP contribution is 2.73. The molecule has 4 nitrogen and oxygen atoms in total. The minimum absolute atomic E-state index is 0.0100. The maximum absolute atomic E-state index is 12.5. The first-order chi connectivity index (χ1) is 15.3. The van der Waals surface area contributed by atoms with Gasteiger partial charge in [0.05, 0.1) is 17.6 Å². The molecule has 0 radical (unpaired) electrons. The maximum atomic E-state index is 12.5. The monoisotopic (exact) mass is 452 g/mol. The van der Waals surface area contributed by atoms with Crippen LogP contribution in [0, 0.1) is 47.3 Å². The van der Waals surface area contributed by atoms with E-state index in [-0.39, 0.29) is 28.1 Å². The number of aliphatic hydroxyl groups is 2. The predicted molar refractivity (Wildman–Crippen MR) is 130 cm³/mol. The SMILES string of the molecule is Cc1ccc2c(c1C)C1=CC[C@H]3[C@@]4(C)C[C@@H](O)[C@H](O)[C@](C)(C(=O)O)[C@H]4CC[C@@]3(C)[C@]1(C)CC2. The summed E-state index contributed by atoms with van der Waals surface area (Å²) < 4.78 is 0. The fourth-order valence-electron chi connectivity index (χ4n) is 9.23. The summed E-state index contributed by atoms with van der Waals surface area (Å²) in [5.74, 6) is -0.869. The van der Waals surface area contributed by atoms with Gasteiger partial charge in [0.1, 0.15) is 0 Å². The molecule has 0 heterocycles. The van der Waals surface area contributed by atoms with Gasteiger partial charge in [0.25, 0.3) is 0 Å². The highest BCUT2D eigenvalue weighted by atomic mass is 16.4. The van der Waals surface area contributed by atoms with Gasteiger partial charge in [-0.2, -0.15) is 0 Å². The summed E-state index contributed by atoms with van der Waals surface area (Å²) in [5, 5.41) is 32.0. The number of aliphatic carboxylic acids is 1. The van der Waals surface area contributed by atoms with Crippen LogP contribution in [0.5, 0.6) is 0 Å².